The van der Waals surface area contributed by atoms with E-state index in [1.807, 2.05) is 20.8 Å². The summed E-state index contributed by atoms with van der Waals surface area (Å²) >= 11 is 0. The number of nitrogens with one attached hydrogen (secondary N) is 1. The van der Waals surface area contributed by atoms with Crippen molar-refractivity contribution in [3.05, 3.63) is 29.3 Å². The van der Waals surface area contributed by atoms with Gasteiger partial charge in [-0.1, -0.05) is 6.92 Å². The highest BCUT2D eigenvalue weighted by Gasteiger charge is 2.35. The van der Waals surface area contributed by atoms with E-state index < -0.39 is 23.3 Å². The van der Waals surface area contributed by atoms with Gasteiger partial charge in [0.15, 0.2) is 0 Å². The number of rotatable bonds is 6. The topological polar surface area (TPSA) is 67.9 Å². The third-order valence-corrected chi connectivity index (χ3v) is 5.50. The summed E-state index contributed by atoms with van der Waals surface area (Å²) in [6.07, 6.45) is -2.82. The molecular formula is C23H33F3N2O4. The van der Waals surface area contributed by atoms with E-state index in [4.69, 9.17) is 9.47 Å². The van der Waals surface area contributed by atoms with E-state index in [-0.39, 0.29) is 29.4 Å². The number of anilines is 1. The highest BCUT2D eigenvalue weighted by Crippen LogP contribution is 2.37. The van der Waals surface area contributed by atoms with Gasteiger partial charge in [-0.15, -0.1) is 0 Å². The Kier molecular flexibility index (Phi) is 8.07. The Morgan fingerprint density at radius 3 is 2.31 bits per heavy atom. The third-order valence-electron chi connectivity index (χ3n) is 5.50. The molecule has 0 radical (unpaired) electrons. The van der Waals surface area contributed by atoms with Gasteiger partial charge < -0.3 is 19.7 Å². The highest BCUT2D eigenvalue weighted by atomic mass is 19.4. The average Bonchev–Trinajstić information content (AvgIpc) is 2.66. The minimum atomic E-state index is -4.54. The van der Waals surface area contributed by atoms with Crippen LogP contribution >= 0.6 is 0 Å². The number of alkyl halides is 3. The molecular weight excluding hydrogens is 425 g/mol. The van der Waals surface area contributed by atoms with Crippen LogP contribution in [0, 0.1) is 5.41 Å². The van der Waals surface area contributed by atoms with Gasteiger partial charge >= 0.3 is 18.2 Å². The minimum absolute atomic E-state index is 0.0687. The predicted octanol–water partition coefficient (Wildman–Crippen LogP) is 5.72. The molecule has 0 atom stereocenters. The zero-order valence-corrected chi connectivity index (χ0v) is 19.4. The molecule has 1 N–H and O–H groups in total. The Bertz CT molecular complexity index is 810. The number of halogens is 3. The monoisotopic (exact) mass is 458 g/mol. The Hall–Kier alpha value is -2.45. The van der Waals surface area contributed by atoms with E-state index in [0.717, 1.165) is 25.0 Å². The van der Waals surface area contributed by atoms with Crippen LogP contribution < -0.4 is 5.32 Å². The number of hydrogen-bond acceptors (Lipinski definition) is 5. The third kappa shape index (κ3) is 7.31. The van der Waals surface area contributed by atoms with Gasteiger partial charge in [0, 0.05) is 25.3 Å². The highest BCUT2D eigenvalue weighted by molar-refractivity contribution is 5.91. The molecule has 9 heteroatoms. The lowest BCUT2D eigenvalue weighted by Crippen LogP contribution is -2.44. The number of amides is 1. The molecule has 0 aliphatic carbocycles. The molecule has 0 saturated carbocycles. The summed E-state index contributed by atoms with van der Waals surface area (Å²) in [6, 6.07) is 3.21. The van der Waals surface area contributed by atoms with Gasteiger partial charge in [0.25, 0.3) is 0 Å². The molecule has 1 amide bonds. The van der Waals surface area contributed by atoms with E-state index in [2.05, 4.69) is 12.2 Å². The van der Waals surface area contributed by atoms with Crippen molar-refractivity contribution in [2.75, 3.05) is 31.6 Å². The number of carbonyl (C=O) groups excluding carboxylic acids is 2. The van der Waals surface area contributed by atoms with Crippen molar-refractivity contribution in [3.63, 3.8) is 0 Å². The maximum Gasteiger partial charge on any atom is 0.418 e. The lowest BCUT2D eigenvalue weighted by molar-refractivity contribution is -0.137. The van der Waals surface area contributed by atoms with Gasteiger partial charge in [-0.3, -0.25) is 0 Å². The van der Waals surface area contributed by atoms with Crippen LogP contribution in [0.1, 0.15) is 69.8 Å². The van der Waals surface area contributed by atoms with E-state index in [1.165, 1.54) is 6.07 Å². The number of ether oxygens (including phenoxy) is 2. The van der Waals surface area contributed by atoms with Crippen LogP contribution in [0.15, 0.2) is 18.2 Å². The lowest BCUT2D eigenvalue weighted by Gasteiger charge is -2.40. The molecule has 1 aliphatic heterocycles. The molecule has 180 valence electrons. The van der Waals surface area contributed by atoms with Gasteiger partial charge in [0.1, 0.15) is 5.60 Å². The maximum absolute atomic E-state index is 13.4. The average molecular weight is 459 g/mol. The van der Waals surface area contributed by atoms with Crippen LogP contribution in [0.2, 0.25) is 0 Å². The molecule has 2 rings (SSSR count). The first-order chi connectivity index (χ1) is 14.7. The second-order valence-electron chi connectivity index (χ2n) is 9.43. The second kappa shape index (κ2) is 10.0. The first-order valence-electron chi connectivity index (χ1n) is 10.8. The molecule has 0 bridgehead atoms. The zero-order chi connectivity index (χ0) is 24.2. The molecule has 1 saturated heterocycles. The first kappa shape index (κ1) is 25.8. The van der Waals surface area contributed by atoms with Crippen molar-refractivity contribution in [1.29, 1.82) is 0 Å². The first-order valence-corrected chi connectivity index (χ1v) is 10.8. The van der Waals surface area contributed by atoms with Crippen LogP contribution in [0.5, 0.6) is 0 Å². The predicted molar refractivity (Wildman–Crippen MR) is 116 cm³/mol. The summed E-state index contributed by atoms with van der Waals surface area (Å²) in [5.74, 6) is -0.661. The standard InChI is InChI=1S/C23H33F3N2O4/c1-6-31-19(29)16-7-8-17(23(24,25)26)18(15-16)27-12-9-22(5)10-13-28(14-11-22)20(30)32-21(2,3)4/h7-8,15,27H,6,9-14H2,1-5H3. The Balaban J connectivity index is 1.99. The summed E-state index contributed by atoms with van der Waals surface area (Å²) in [5.41, 5.74) is -1.58. The smallest absolute Gasteiger partial charge is 0.418 e. The number of likely N-dealkylation sites (tertiary alicyclic amines) is 1. The summed E-state index contributed by atoms with van der Waals surface area (Å²) in [7, 11) is 0. The number of hydrogen-bond donors (Lipinski definition) is 1. The van der Waals surface area contributed by atoms with Crippen LogP contribution in [0.4, 0.5) is 23.7 Å². The molecule has 32 heavy (non-hydrogen) atoms. The van der Waals surface area contributed by atoms with Crippen molar-refractivity contribution in [2.24, 2.45) is 5.41 Å². The van der Waals surface area contributed by atoms with Gasteiger partial charge in [-0.25, -0.2) is 9.59 Å². The Labute approximate surface area is 187 Å². The van der Waals surface area contributed by atoms with Crippen molar-refractivity contribution >= 4 is 17.7 Å². The molecule has 1 aliphatic rings. The van der Waals surface area contributed by atoms with Crippen LogP contribution in [0.3, 0.4) is 0 Å². The van der Waals surface area contributed by atoms with E-state index >= 15 is 0 Å². The molecule has 0 unspecified atom stereocenters. The normalized spacial score (nSPS) is 16.4. The fourth-order valence-electron chi connectivity index (χ4n) is 3.58. The summed E-state index contributed by atoms with van der Waals surface area (Å²) < 4.78 is 50.6. The van der Waals surface area contributed by atoms with E-state index in [0.29, 0.717) is 26.1 Å². The molecule has 1 aromatic carbocycles. The van der Waals surface area contributed by atoms with Gasteiger partial charge in [0.2, 0.25) is 0 Å². The maximum atomic E-state index is 13.4. The molecule has 0 aromatic heterocycles. The molecule has 0 spiro atoms. The number of piperidine rings is 1. The summed E-state index contributed by atoms with van der Waals surface area (Å²) in [4.78, 5) is 25.8. The lowest BCUT2D eigenvalue weighted by atomic mass is 9.77. The van der Waals surface area contributed by atoms with Gasteiger partial charge in [-0.2, -0.15) is 13.2 Å². The van der Waals surface area contributed by atoms with Crippen molar-refractivity contribution < 1.29 is 32.2 Å². The SMILES string of the molecule is CCOC(=O)c1ccc(C(F)(F)F)c(NCCC2(C)CCN(C(=O)OC(C)(C)C)CC2)c1. The van der Waals surface area contributed by atoms with Crippen molar-refractivity contribution in [2.45, 2.75) is 65.7 Å². The van der Waals surface area contributed by atoms with Crippen molar-refractivity contribution in [3.8, 4) is 0 Å². The minimum Gasteiger partial charge on any atom is -0.462 e. The van der Waals surface area contributed by atoms with Gasteiger partial charge in [-0.05, 0) is 70.6 Å². The Morgan fingerprint density at radius 2 is 1.78 bits per heavy atom. The number of carbonyl (C=O) groups is 2. The van der Waals surface area contributed by atoms with Crippen LogP contribution in [0.25, 0.3) is 0 Å². The second-order valence-corrected chi connectivity index (χ2v) is 9.43. The fourth-order valence-corrected chi connectivity index (χ4v) is 3.58. The zero-order valence-electron chi connectivity index (χ0n) is 19.4. The molecule has 1 aromatic rings. The number of nitrogens with zero attached hydrogens (tertiary/aromatic N) is 1. The van der Waals surface area contributed by atoms with Gasteiger partial charge in [0.05, 0.1) is 17.7 Å². The fraction of sp³-hybridized carbons (Fsp3) is 0.652. The molecule has 6 nitrogen and oxygen atoms in total. The largest absolute Gasteiger partial charge is 0.462 e. The van der Waals surface area contributed by atoms with E-state index in [9.17, 15) is 22.8 Å². The number of benzene rings is 1. The quantitative estimate of drug-likeness (QED) is 0.552. The summed E-state index contributed by atoms with van der Waals surface area (Å²) in [6.45, 7) is 10.7. The number of esters is 1. The van der Waals surface area contributed by atoms with Crippen LogP contribution in [-0.4, -0.2) is 48.8 Å². The Morgan fingerprint density at radius 1 is 1.16 bits per heavy atom. The van der Waals surface area contributed by atoms with Crippen LogP contribution in [-0.2, 0) is 15.7 Å². The summed E-state index contributed by atoms with van der Waals surface area (Å²) in [5, 5.41) is 2.86. The molecule has 1 fully saturated rings. The van der Waals surface area contributed by atoms with Crippen molar-refractivity contribution in [1.82, 2.24) is 4.90 Å². The molecule has 1 heterocycles. The van der Waals surface area contributed by atoms with E-state index in [1.54, 1.807) is 11.8 Å².